The van der Waals surface area contributed by atoms with Crippen molar-refractivity contribution in [3.8, 4) is 0 Å². The molecule has 1 aromatic rings. The molecule has 100 valence electrons. The summed E-state index contributed by atoms with van der Waals surface area (Å²) in [7, 11) is 0. The van der Waals surface area contributed by atoms with Crippen molar-refractivity contribution >= 4 is 17.5 Å². The van der Waals surface area contributed by atoms with Crippen LogP contribution in [0.4, 0.5) is 0 Å². The average molecular weight is 268 g/mol. The van der Waals surface area contributed by atoms with Gasteiger partial charge >= 0.3 is 0 Å². The van der Waals surface area contributed by atoms with Crippen molar-refractivity contribution in [3.05, 3.63) is 34.9 Å². The van der Waals surface area contributed by atoms with Crippen molar-refractivity contribution in [2.75, 3.05) is 0 Å². The van der Waals surface area contributed by atoms with Gasteiger partial charge in [-0.2, -0.15) is 0 Å². The van der Waals surface area contributed by atoms with E-state index in [9.17, 15) is 4.79 Å². The van der Waals surface area contributed by atoms with Gasteiger partial charge < -0.3 is 5.73 Å². The van der Waals surface area contributed by atoms with Crippen LogP contribution in [0.25, 0.3) is 0 Å². The molecule has 1 aromatic carbocycles. The smallest absolute Gasteiger partial charge is 0.224 e. The highest BCUT2D eigenvalue weighted by atomic mass is 35.5. The van der Waals surface area contributed by atoms with Crippen LogP contribution in [-0.2, 0) is 10.2 Å². The number of primary amides is 1. The normalized spacial score (nSPS) is 15.2. The van der Waals surface area contributed by atoms with Crippen molar-refractivity contribution < 1.29 is 4.79 Å². The van der Waals surface area contributed by atoms with Crippen LogP contribution < -0.4 is 5.73 Å². The number of hydrogen-bond donors (Lipinski definition) is 1. The van der Waals surface area contributed by atoms with Crippen LogP contribution in [0.5, 0.6) is 0 Å². The summed E-state index contributed by atoms with van der Waals surface area (Å²) in [6.45, 7) is 8.15. The fourth-order valence-corrected chi connectivity index (χ4v) is 2.55. The van der Waals surface area contributed by atoms with Gasteiger partial charge in [0.15, 0.2) is 0 Å². The number of rotatable bonds is 5. The molecule has 0 aliphatic heterocycles. The highest BCUT2D eigenvalue weighted by molar-refractivity contribution is 6.30. The number of carbonyl (C=O) groups excluding carboxylic acids is 1. The second kappa shape index (κ2) is 5.31. The van der Waals surface area contributed by atoms with Gasteiger partial charge in [0.2, 0.25) is 5.91 Å². The molecule has 0 bridgehead atoms. The Morgan fingerprint density at radius 3 is 2.11 bits per heavy atom. The molecule has 1 amide bonds. The molecule has 0 aromatic heterocycles. The van der Waals surface area contributed by atoms with E-state index in [4.69, 9.17) is 17.3 Å². The Bertz CT molecular complexity index is 425. The third-order valence-corrected chi connectivity index (χ3v) is 4.49. The van der Waals surface area contributed by atoms with E-state index in [1.54, 1.807) is 0 Å². The van der Waals surface area contributed by atoms with Crippen LogP contribution in [-0.4, -0.2) is 5.91 Å². The molecule has 3 heteroatoms. The predicted molar refractivity (Wildman–Crippen MR) is 76.7 cm³/mol. The summed E-state index contributed by atoms with van der Waals surface area (Å²) in [6, 6.07) is 7.65. The molecule has 1 unspecified atom stereocenters. The SMILES string of the molecule is CCCC(C)(C(N)=O)C(C)(C)c1ccc(Cl)cc1. The summed E-state index contributed by atoms with van der Waals surface area (Å²) < 4.78 is 0. The van der Waals surface area contributed by atoms with Gasteiger partial charge in [-0.3, -0.25) is 4.79 Å². The minimum atomic E-state index is -0.560. The van der Waals surface area contributed by atoms with E-state index >= 15 is 0 Å². The van der Waals surface area contributed by atoms with Gasteiger partial charge in [0.05, 0.1) is 5.41 Å². The van der Waals surface area contributed by atoms with Gasteiger partial charge in [0.25, 0.3) is 0 Å². The minimum absolute atomic E-state index is 0.246. The van der Waals surface area contributed by atoms with Gasteiger partial charge in [-0.25, -0.2) is 0 Å². The zero-order chi connectivity index (χ0) is 14.0. The van der Waals surface area contributed by atoms with Crippen LogP contribution in [0.1, 0.15) is 46.1 Å². The molecule has 0 fully saturated rings. The Morgan fingerprint density at radius 2 is 1.72 bits per heavy atom. The molecule has 1 atom stereocenters. The zero-order valence-corrected chi connectivity index (χ0v) is 12.3. The molecule has 0 radical (unpaired) electrons. The number of carbonyl (C=O) groups is 1. The maximum atomic E-state index is 11.9. The first kappa shape index (κ1) is 15.0. The monoisotopic (exact) mass is 267 g/mol. The lowest BCUT2D eigenvalue weighted by molar-refractivity contribution is -0.130. The first-order valence-corrected chi connectivity index (χ1v) is 6.69. The van der Waals surface area contributed by atoms with E-state index in [2.05, 4.69) is 20.8 Å². The molecular weight excluding hydrogens is 246 g/mol. The predicted octanol–water partition coefficient (Wildman–Crippen LogP) is 3.91. The molecule has 0 heterocycles. The highest BCUT2D eigenvalue weighted by Gasteiger charge is 2.46. The van der Waals surface area contributed by atoms with E-state index in [-0.39, 0.29) is 11.3 Å². The van der Waals surface area contributed by atoms with Crippen LogP contribution >= 0.6 is 11.6 Å². The van der Waals surface area contributed by atoms with Crippen LogP contribution in [0, 0.1) is 5.41 Å². The van der Waals surface area contributed by atoms with E-state index < -0.39 is 5.41 Å². The molecule has 1 rings (SSSR count). The number of benzene rings is 1. The number of hydrogen-bond acceptors (Lipinski definition) is 1. The van der Waals surface area contributed by atoms with Crippen molar-refractivity contribution in [1.29, 1.82) is 0 Å². The van der Waals surface area contributed by atoms with E-state index in [0.29, 0.717) is 5.02 Å². The van der Waals surface area contributed by atoms with Crippen LogP contribution in [0.3, 0.4) is 0 Å². The van der Waals surface area contributed by atoms with Gasteiger partial charge in [-0.05, 0) is 31.0 Å². The van der Waals surface area contributed by atoms with E-state index in [0.717, 1.165) is 18.4 Å². The van der Waals surface area contributed by atoms with Crippen molar-refractivity contribution in [1.82, 2.24) is 0 Å². The van der Waals surface area contributed by atoms with Crippen molar-refractivity contribution in [2.24, 2.45) is 11.1 Å². The minimum Gasteiger partial charge on any atom is -0.369 e. The molecule has 0 saturated heterocycles. The maximum absolute atomic E-state index is 11.9. The Labute approximate surface area is 115 Å². The number of nitrogens with two attached hydrogens (primary N) is 1. The molecule has 0 aliphatic rings. The fraction of sp³-hybridized carbons (Fsp3) is 0.533. The summed E-state index contributed by atoms with van der Waals surface area (Å²) >= 11 is 5.91. The summed E-state index contributed by atoms with van der Waals surface area (Å²) in [6.07, 6.45) is 1.70. The van der Waals surface area contributed by atoms with E-state index in [1.165, 1.54) is 0 Å². The Morgan fingerprint density at radius 1 is 1.22 bits per heavy atom. The summed E-state index contributed by atoms with van der Waals surface area (Å²) in [4.78, 5) is 11.9. The van der Waals surface area contributed by atoms with Crippen LogP contribution in [0.2, 0.25) is 5.02 Å². The molecule has 18 heavy (non-hydrogen) atoms. The summed E-state index contributed by atoms with van der Waals surface area (Å²) in [5.74, 6) is -0.246. The highest BCUT2D eigenvalue weighted by Crippen LogP contribution is 2.44. The second-order valence-corrected chi connectivity index (χ2v) is 6.01. The molecule has 2 N–H and O–H groups in total. The second-order valence-electron chi connectivity index (χ2n) is 5.58. The molecule has 0 saturated carbocycles. The standard InChI is InChI=1S/C15H22ClNO/c1-5-10-15(4,13(17)18)14(2,3)11-6-8-12(16)9-7-11/h6-9H,5,10H2,1-4H3,(H2,17,18). The fourth-order valence-electron chi connectivity index (χ4n) is 2.43. The molecule has 2 nitrogen and oxygen atoms in total. The third-order valence-electron chi connectivity index (χ3n) is 4.24. The lowest BCUT2D eigenvalue weighted by Gasteiger charge is -2.42. The summed E-state index contributed by atoms with van der Waals surface area (Å²) in [5.41, 5.74) is 5.85. The summed E-state index contributed by atoms with van der Waals surface area (Å²) in [5, 5.41) is 0.700. The lowest BCUT2D eigenvalue weighted by atomic mass is 9.60. The Kier molecular flexibility index (Phi) is 4.44. The Hall–Kier alpha value is -1.02. The zero-order valence-electron chi connectivity index (χ0n) is 11.6. The van der Waals surface area contributed by atoms with Crippen LogP contribution in [0.15, 0.2) is 24.3 Å². The first-order chi connectivity index (χ1) is 8.25. The van der Waals surface area contributed by atoms with Crippen molar-refractivity contribution in [2.45, 2.75) is 46.0 Å². The molecule has 0 aliphatic carbocycles. The number of amides is 1. The van der Waals surface area contributed by atoms with Gasteiger partial charge in [-0.15, -0.1) is 0 Å². The Balaban J connectivity index is 3.24. The van der Waals surface area contributed by atoms with Gasteiger partial charge in [-0.1, -0.05) is 50.9 Å². The molecule has 0 spiro atoms. The largest absolute Gasteiger partial charge is 0.369 e. The quantitative estimate of drug-likeness (QED) is 0.864. The number of halogens is 1. The van der Waals surface area contributed by atoms with Gasteiger partial charge in [0.1, 0.15) is 0 Å². The van der Waals surface area contributed by atoms with Crippen molar-refractivity contribution in [3.63, 3.8) is 0 Å². The topological polar surface area (TPSA) is 43.1 Å². The van der Waals surface area contributed by atoms with Gasteiger partial charge in [0, 0.05) is 10.4 Å². The van der Waals surface area contributed by atoms with E-state index in [1.807, 2.05) is 31.2 Å². The lowest BCUT2D eigenvalue weighted by Crippen LogP contribution is -2.48. The third kappa shape index (κ3) is 2.54. The average Bonchev–Trinajstić information content (AvgIpc) is 2.29. The molecular formula is C15H22ClNO. The first-order valence-electron chi connectivity index (χ1n) is 6.31. The maximum Gasteiger partial charge on any atom is 0.224 e.